The van der Waals surface area contributed by atoms with E-state index in [0.717, 1.165) is 44.8 Å². The van der Waals surface area contributed by atoms with Crippen LogP contribution in [-0.2, 0) is 6.42 Å². The van der Waals surface area contributed by atoms with Crippen molar-refractivity contribution in [1.29, 1.82) is 0 Å². The molecule has 0 spiro atoms. The van der Waals surface area contributed by atoms with Crippen LogP contribution in [0.15, 0.2) is 47.2 Å². The molecule has 0 atom stereocenters. The van der Waals surface area contributed by atoms with Gasteiger partial charge >= 0.3 is 0 Å². The lowest BCUT2D eigenvalue weighted by Gasteiger charge is -2.34. The lowest BCUT2D eigenvalue weighted by molar-refractivity contribution is 0.0607. The number of furan rings is 1. The van der Waals surface area contributed by atoms with Gasteiger partial charge in [-0.3, -0.25) is 14.7 Å². The van der Waals surface area contributed by atoms with Crippen LogP contribution in [0.5, 0.6) is 0 Å². The van der Waals surface area contributed by atoms with Gasteiger partial charge in [0.2, 0.25) is 0 Å². The first-order valence-electron chi connectivity index (χ1n) is 7.28. The molecule has 0 radical (unpaired) electrons. The predicted octanol–water partition coefficient (Wildman–Crippen LogP) is 1.68. The number of pyridine rings is 1. The lowest BCUT2D eigenvalue weighted by Crippen LogP contribution is -2.49. The fourth-order valence-electron chi connectivity index (χ4n) is 2.55. The number of carbonyl (C=O) groups excluding carboxylic acids is 1. The van der Waals surface area contributed by atoms with Gasteiger partial charge in [0.1, 0.15) is 0 Å². The van der Waals surface area contributed by atoms with Crippen molar-refractivity contribution >= 4 is 5.91 Å². The molecule has 2 aromatic rings. The number of rotatable bonds is 4. The highest BCUT2D eigenvalue weighted by Gasteiger charge is 2.23. The minimum atomic E-state index is -0.00984. The second-order valence-electron chi connectivity index (χ2n) is 5.18. The number of aromatic nitrogens is 1. The Balaban J connectivity index is 1.46. The normalized spacial score (nSPS) is 16.1. The van der Waals surface area contributed by atoms with E-state index in [1.54, 1.807) is 12.1 Å². The summed E-state index contributed by atoms with van der Waals surface area (Å²) in [5, 5.41) is 0. The fourth-order valence-corrected chi connectivity index (χ4v) is 2.55. The zero-order valence-electron chi connectivity index (χ0n) is 11.9. The van der Waals surface area contributed by atoms with Crippen molar-refractivity contribution in [3.05, 3.63) is 54.2 Å². The molecule has 0 bridgehead atoms. The summed E-state index contributed by atoms with van der Waals surface area (Å²) >= 11 is 0. The molecule has 21 heavy (non-hydrogen) atoms. The summed E-state index contributed by atoms with van der Waals surface area (Å²) in [5.41, 5.74) is 1.12. The number of piperazine rings is 1. The summed E-state index contributed by atoms with van der Waals surface area (Å²) in [6.07, 6.45) is 4.32. The standard InChI is InChI=1S/C16H19N3O2/c20-16(15-5-3-13-21-15)19-11-9-18(10-12-19)8-6-14-4-1-2-7-17-14/h1-5,7,13H,6,8-12H2. The van der Waals surface area contributed by atoms with E-state index in [-0.39, 0.29) is 5.91 Å². The third-order valence-electron chi connectivity index (χ3n) is 3.80. The fraction of sp³-hybridized carbons (Fsp3) is 0.375. The van der Waals surface area contributed by atoms with E-state index >= 15 is 0 Å². The SMILES string of the molecule is O=C(c1ccco1)N1CCN(CCc2ccccn2)CC1. The van der Waals surface area contributed by atoms with E-state index in [4.69, 9.17) is 4.42 Å². The van der Waals surface area contributed by atoms with Crippen molar-refractivity contribution in [3.8, 4) is 0 Å². The first-order chi connectivity index (χ1) is 10.3. The van der Waals surface area contributed by atoms with Crippen LogP contribution in [0.1, 0.15) is 16.2 Å². The Morgan fingerprint density at radius 3 is 2.67 bits per heavy atom. The molecule has 110 valence electrons. The lowest BCUT2D eigenvalue weighted by atomic mass is 10.2. The Morgan fingerprint density at radius 1 is 1.14 bits per heavy atom. The molecular weight excluding hydrogens is 266 g/mol. The molecule has 1 aliphatic rings. The van der Waals surface area contributed by atoms with Crippen molar-refractivity contribution in [3.63, 3.8) is 0 Å². The Kier molecular flexibility index (Phi) is 4.31. The molecule has 3 heterocycles. The van der Waals surface area contributed by atoms with Crippen molar-refractivity contribution in [2.24, 2.45) is 0 Å². The maximum absolute atomic E-state index is 12.2. The zero-order chi connectivity index (χ0) is 14.5. The molecule has 2 aromatic heterocycles. The van der Waals surface area contributed by atoms with Crippen LogP contribution in [0.25, 0.3) is 0 Å². The van der Waals surface area contributed by atoms with Gasteiger partial charge in [0.15, 0.2) is 5.76 Å². The molecule has 5 heteroatoms. The summed E-state index contributed by atoms with van der Waals surface area (Å²) in [4.78, 5) is 20.7. The van der Waals surface area contributed by atoms with Crippen LogP contribution >= 0.6 is 0 Å². The van der Waals surface area contributed by atoms with Gasteiger partial charge in [-0.05, 0) is 24.3 Å². The Labute approximate surface area is 124 Å². The summed E-state index contributed by atoms with van der Waals surface area (Å²) in [6, 6.07) is 9.47. The first-order valence-corrected chi connectivity index (χ1v) is 7.28. The molecule has 0 aliphatic carbocycles. The largest absolute Gasteiger partial charge is 0.459 e. The van der Waals surface area contributed by atoms with E-state index in [1.807, 2.05) is 23.2 Å². The average molecular weight is 285 g/mol. The Hall–Kier alpha value is -2.14. The average Bonchev–Trinajstić information content (AvgIpc) is 3.08. The van der Waals surface area contributed by atoms with Gasteiger partial charge in [-0.25, -0.2) is 0 Å². The number of nitrogens with zero attached hydrogens (tertiary/aromatic N) is 3. The Bertz CT molecular complexity index is 560. The molecule has 0 saturated carbocycles. The highest BCUT2D eigenvalue weighted by molar-refractivity contribution is 5.91. The third kappa shape index (κ3) is 3.49. The quantitative estimate of drug-likeness (QED) is 0.857. The topological polar surface area (TPSA) is 49.6 Å². The highest BCUT2D eigenvalue weighted by Crippen LogP contribution is 2.09. The molecular formula is C16H19N3O2. The maximum atomic E-state index is 12.2. The van der Waals surface area contributed by atoms with E-state index in [1.165, 1.54) is 6.26 Å². The van der Waals surface area contributed by atoms with Crippen molar-refractivity contribution in [1.82, 2.24) is 14.8 Å². The Morgan fingerprint density at radius 2 is 2.00 bits per heavy atom. The van der Waals surface area contributed by atoms with Crippen LogP contribution in [0.3, 0.4) is 0 Å². The number of hydrogen-bond donors (Lipinski definition) is 0. The molecule has 0 aromatic carbocycles. The summed E-state index contributed by atoms with van der Waals surface area (Å²) in [6.45, 7) is 4.29. The molecule has 1 aliphatic heterocycles. The van der Waals surface area contributed by atoms with E-state index < -0.39 is 0 Å². The van der Waals surface area contributed by atoms with Gasteiger partial charge in [0, 0.05) is 51.0 Å². The van der Waals surface area contributed by atoms with Gasteiger partial charge in [-0.15, -0.1) is 0 Å². The van der Waals surface area contributed by atoms with E-state index in [9.17, 15) is 4.79 Å². The van der Waals surface area contributed by atoms with Gasteiger partial charge in [0.05, 0.1) is 6.26 Å². The van der Waals surface area contributed by atoms with Crippen molar-refractivity contribution < 1.29 is 9.21 Å². The highest BCUT2D eigenvalue weighted by atomic mass is 16.3. The zero-order valence-corrected chi connectivity index (χ0v) is 11.9. The predicted molar refractivity (Wildman–Crippen MR) is 79.0 cm³/mol. The number of carbonyl (C=O) groups is 1. The molecule has 0 N–H and O–H groups in total. The number of hydrogen-bond acceptors (Lipinski definition) is 4. The number of amides is 1. The molecule has 0 unspecified atom stereocenters. The minimum Gasteiger partial charge on any atom is -0.459 e. The van der Waals surface area contributed by atoms with Gasteiger partial charge in [0.25, 0.3) is 5.91 Å². The summed E-state index contributed by atoms with van der Waals surface area (Å²) < 4.78 is 5.17. The van der Waals surface area contributed by atoms with E-state index in [0.29, 0.717) is 5.76 Å². The van der Waals surface area contributed by atoms with Crippen molar-refractivity contribution in [2.45, 2.75) is 6.42 Å². The molecule has 5 nitrogen and oxygen atoms in total. The minimum absolute atomic E-state index is 0.00984. The second kappa shape index (κ2) is 6.54. The van der Waals surface area contributed by atoms with Gasteiger partial charge < -0.3 is 9.32 Å². The van der Waals surface area contributed by atoms with Crippen LogP contribution in [-0.4, -0.2) is 53.4 Å². The summed E-state index contributed by atoms with van der Waals surface area (Å²) in [5.74, 6) is 0.418. The first kappa shape index (κ1) is 13.8. The molecule has 1 amide bonds. The van der Waals surface area contributed by atoms with Gasteiger partial charge in [-0.2, -0.15) is 0 Å². The smallest absolute Gasteiger partial charge is 0.289 e. The van der Waals surface area contributed by atoms with E-state index in [2.05, 4.69) is 16.0 Å². The van der Waals surface area contributed by atoms with Crippen LogP contribution < -0.4 is 0 Å². The molecule has 1 saturated heterocycles. The van der Waals surface area contributed by atoms with Crippen LogP contribution in [0, 0.1) is 0 Å². The maximum Gasteiger partial charge on any atom is 0.289 e. The molecule has 3 rings (SSSR count). The molecule has 1 fully saturated rings. The second-order valence-corrected chi connectivity index (χ2v) is 5.18. The van der Waals surface area contributed by atoms with Gasteiger partial charge in [-0.1, -0.05) is 6.07 Å². The van der Waals surface area contributed by atoms with Crippen LogP contribution in [0.2, 0.25) is 0 Å². The van der Waals surface area contributed by atoms with Crippen LogP contribution in [0.4, 0.5) is 0 Å². The van der Waals surface area contributed by atoms with Crippen molar-refractivity contribution in [2.75, 3.05) is 32.7 Å². The monoisotopic (exact) mass is 285 g/mol. The third-order valence-corrected chi connectivity index (χ3v) is 3.80. The summed E-state index contributed by atoms with van der Waals surface area (Å²) in [7, 11) is 0.